The molecule has 0 fully saturated rings. The number of aryl methyl sites for hydroxylation is 3. The molecule has 0 N–H and O–H groups in total. The van der Waals surface area contributed by atoms with E-state index in [1.807, 2.05) is 18.2 Å². The lowest BCUT2D eigenvalue weighted by molar-refractivity contribution is 0.101. The van der Waals surface area contributed by atoms with E-state index in [0.29, 0.717) is 0 Å². The highest BCUT2D eigenvalue weighted by molar-refractivity contribution is 5.95. The Morgan fingerprint density at radius 1 is 0.889 bits per heavy atom. The van der Waals surface area contributed by atoms with Gasteiger partial charge in [0.05, 0.1) is 0 Å². The third-order valence-corrected chi connectivity index (χ3v) is 3.32. The summed E-state index contributed by atoms with van der Waals surface area (Å²) in [7, 11) is 0. The number of benzene rings is 2. The van der Waals surface area contributed by atoms with E-state index < -0.39 is 0 Å². The SMILES string of the molecule is CC(=O)c1ccccc1CCc1ccccc1C. The topological polar surface area (TPSA) is 17.1 Å². The standard InChI is InChI=1S/C17H18O/c1-13-7-3-4-8-15(13)11-12-16-9-5-6-10-17(16)14(2)18/h3-10H,11-12H2,1-2H3. The zero-order valence-corrected chi connectivity index (χ0v) is 10.9. The lowest BCUT2D eigenvalue weighted by Crippen LogP contribution is -2.01. The Hall–Kier alpha value is -1.89. The summed E-state index contributed by atoms with van der Waals surface area (Å²) in [6.07, 6.45) is 1.90. The smallest absolute Gasteiger partial charge is 0.160 e. The van der Waals surface area contributed by atoms with E-state index in [-0.39, 0.29) is 5.78 Å². The Morgan fingerprint density at radius 3 is 2.11 bits per heavy atom. The molecule has 0 saturated heterocycles. The second-order valence-electron chi connectivity index (χ2n) is 4.64. The van der Waals surface area contributed by atoms with Gasteiger partial charge in [-0.25, -0.2) is 0 Å². The molecule has 2 aromatic carbocycles. The monoisotopic (exact) mass is 238 g/mol. The van der Waals surface area contributed by atoms with Crippen molar-refractivity contribution >= 4 is 5.78 Å². The van der Waals surface area contributed by atoms with Crippen molar-refractivity contribution < 1.29 is 4.79 Å². The van der Waals surface area contributed by atoms with Gasteiger partial charge in [0, 0.05) is 5.56 Å². The Labute approximate surface area is 108 Å². The van der Waals surface area contributed by atoms with E-state index in [0.717, 1.165) is 24.0 Å². The van der Waals surface area contributed by atoms with Gasteiger partial charge in [0.1, 0.15) is 0 Å². The second-order valence-corrected chi connectivity index (χ2v) is 4.64. The Bertz CT molecular complexity index is 555. The average Bonchev–Trinajstić information content (AvgIpc) is 2.38. The molecule has 0 saturated carbocycles. The molecular formula is C17H18O. The first-order chi connectivity index (χ1) is 8.68. The predicted octanol–water partition coefficient (Wildman–Crippen LogP) is 3.98. The van der Waals surface area contributed by atoms with E-state index in [1.54, 1.807) is 6.92 Å². The molecule has 0 aliphatic heterocycles. The highest BCUT2D eigenvalue weighted by Gasteiger charge is 2.06. The molecule has 0 aromatic heterocycles. The first kappa shape index (κ1) is 12.6. The predicted molar refractivity (Wildman–Crippen MR) is 75.0 cm³/mol. The third-order valence-electron chi connectivity index (χ3n) is 3.32. The van der Waals surface area contributed by atoms with Gasteiger partial charge >= 0.3 is 0 Å². The van der Waals surface area contributed by atoms with Crippen molar-refractivity contribution in [3.8, 4) is 0 Å². The molecule has 0 heterocycles. The van der Waals surface area contributed by atoms with Crippen LogP contribution in [0.1, 0.15) is 34.0 Å². The molecule has 2 aromatic rings. The molecule has 0 aliphatic carbocycles. The fourth-order valence-corrected chi connectivity index (χ4v) is 2.24. The molecule has 0 spiro atoms. The number of ketones is 1. The molecule has 18 heavy (non-hydrogen) atoms. The fraction of sp³-hybridized carbons (Fsp3) is 0.235. The lowest BCUT2D eigenvalue weighted by Gasteiger charge is -2.08. The van der Waals surface area contributed by atoms with Gasteiger partial charge in [0.15, 0.2) is 5.78 Å². The average molecular weight is 238 g/mol. The van der Waals surface area contributed by atoms with Crippen molar-refractivity contribution in [1.82, 2.24) is 0 Å². The molecule has 1 nitrogen and oxygen atoms in total. The minimum atomic E-state index is 0.149. The molecule has 0 bridgehead atoms. The summed E-state index contributed by atoms with van der Waals surface area (Å²) < 4.78 is 0. The normalized spacial score (nSPS) is 10.3. The highest BCUT2D eigenvalue weighted by Crippen LogP contribution is 2.15. The lowest BCUT2D eigenvalue weighted by atomic mass is 9.96. The molecular weight excluding hydrogens is 220 g/mol. The minimum Gasteiger partial charge on any atom is -0.295 e. The van der Waals surface area contributed by atoms with Gasteiger partial charge < -0.3 is 0 Å². The van der Waals surface area contributed by atoms with Gasteiger partial charge in [-0.15, -0.1) is 0 Å². The zero-order chi connectivity index (χ0) is 13.0. The van der Waals surface area contributed by atoms with E-state index >= 15 is 0 Å². The molecule has 0 radical (unpaired) electrons. The van der Waals surface area contributed by atoms with E-state index in [4.69, 9.17) is 0 Å². The van der Waals surface area contributed by atoms with Crippen molar-refractivity contribution in [3.63, 3.8) is 0 Å². The van der Waals surface area contributed by atoms with Crippen LogP contribution in [0.5, 0.6) is 0 Å². The maximum Gasteiger partial charge on any atom is 0.160 e. The third kappa shape index (κ3) is 2.86. The molecule has 1 heteroatoms. The Balaban J connectivity index is 2.16. The van der Waals surface area contributed by atoms with Gasteiger partial charge in [0.2, 0.25) is 0 Å². The first-order valence-corrected chi connectivity index (χ1v) is 6.32. The Morgan fingerprint density at radius 2 is 1.44 bits per heavy atom. The molecule has 0 aliphatic rings. The van der Waals surface area contributed by atoms with Crippen molar-refractivity contribution in [1.29, 1.82) is 0 Å². The summed E-state index contributed by atoms with van der Waals surface area (Å²) in [4.78, 5) is 11.5. The molecule has 0 amide bonds. The number of hydrogen-bond acceptors (Lipinski definition) is 1. The summed E-state index contributed by atoms with van der Waals surface area (Å²) in [6, 6.07) is 16.3. The summed E-state index contributed by atoms with van der Waals surface area (Å²) in [6.45, 7) is 3.76. The van der Waals surface area contributed by atoms with Crippen LogP contribution in [0.2, 0.25) is 0 Å². The van der Waals surface area contributed by atoms with Crippen LogP contribution < -0.4 is 0 Å². The minimum absolute atomic E-state index is 0.149. The van der Waals surface area contributed by atoms with Crippen LogP contribution >= 0.6 is 0 Å². The molecule has 2 rings (SSSR count). The summed E-state index contributed by atoms with van der Waals surface area (Å²) in [5.41, 5.74) is 4.67. The van der Waals surface area contributed by atoms with Crippen LogP contribution in [0, 0.1) is 6.92 Å². The van der Waals surface area contributed by atoms with Crippen LogP contribution in [0.15, 0.2) is 48.5 Å². The quantitative estimate of drug-likeness (QED) is 0.736. The zero-order valence-electron chi connectivity index (χ0n) is 10.9. The second kappa shape index (κ2) is 5.63. The van der Waals surface area contributed by atoms with Crippen molar-refractivity contribution in [2.75, 3.05) is 0 Å². The van der Waals surface area contributed by atoms with Crippen molar-refractivity contribution in [2.45, 2.75) is 26.7 Å². The van der Waals surface area contributed by atoms with Crippen LogP contribution in [-0.4, -0.2) is 5.78 Å². The number of rotatable bonds is 4. The number of carbonyl (C=O) groups is 1. The summed E-state index contributed by atoms with van der Waals surface area (Å²) in [5.74, 6) is 0.149. The largest absolute Gasteiger partial charge is 0.295 e. The van der Waals surface area contributed by atoms with Crippen molar-refractivity contribution in [3.05, 3.63) is 70.8 Å². The first-order valence-electron chi connectivity index (χ1n) is 6.32. The van der Waals surface area contributed by atoms with E-state index in [2.05, 4.69) is 37.3 Å². The van der Waals surface area contributed by atoms with E-state index in [1.165, 1.54) is 11.1 Å². The van der Waals surface area contributed by atoms with Crippen LogP contribution in [0.4, 0.5) is 0 Å². The van der Waals surface area contributed by atoms with E-state index in [9.17, 15) is 4.79 Å². The maximum atomic E-state index is 11.5. The van der Waals surface area contributed by atoms with Gasteiger partial charge in [0.25, 0.3) is 0 Å². The fourth-order valence-electron chi connectivity index (χ4n) is 2.24. The molecule has 92 valence electrons. The highest BCUT2D eigenvalue weighted by atomic mass is 16.1. The Kier molecular flexibility index (Phi) is 3.93. The molecule has 0 atom stereocenters. The number of carbonyl (C=O) groups excluding carboxylic acids is 1. The van der Waals surface area contributed by atoms with Gasteiger partial charge in [-0.2, -0.15) is 0 Å². The van der Waals surface area contributed by atoms with Gasteiger partial charge in [-0.1, -0.05) is 48.5 Å². The van der Waals surface area contributed by atoms with Crippen LogP contribution in [-0.2, 0) is 12.8 Å². The van der Waals surface area contributed by atoms with Crippen LogP contribution in [0.3, 0.4) is 0 Å². The summed E-state index contributed by atoms with van der Waals surface area (Å²) >= 11 is 0. The molecule has 0 unspecified atom stereocenters. The van der Waals surface area contributed by atoms with Crippen molar-refractivity contribution in [2.24, 2.45) is 0 Å². The van der Waals surface area contributed by atoms with Gasteiger partial charge in [-0.3, -0.25) is 4.79 Å². The number of hydrogen-bond donors (Lipinski definition) is 0. The van der Waals surface area contributed by atoms with Gasteiger partial charge in [-0.05, 0) is 43.4 Å². The maximum absolute atomic E-state index is 11.5. The summed E-state index contributed by atoms with van der Waals surface area (Å²) in [5, 5.41) is 0. The number of Topliss-reactive ketones (excluding diaryl/α,β-unsaturated/α-hetero) is 1. The van der Waals surface area contributed by atoms with Crippen LogP contribution in [0.25, 0.3) is 0 Å².